The number of alkyl halides is 2. The number of Topliss-reactive ketones (excluding diaryl/α,β-unsaturated/α-hetero) is 2. The molecule has 0 atom stereocenters. The Bertz CT molecular complexity index is 694. The Morgan fingerprint density at radius 3 is 2.53 bits per heavy atom. The Kier molecular flexibility index (Phi) is 3.15. The Balaban J connectivity index is 2.09. The molecular weight excluding hydrogens is 372 g/mol. The van der Waals surface area contributed by atoms with E-state index in [9.17, 15) is 9.59 Å². The number of ketones is 2. The van der Waals surface area contributed by atoms with E-state index in [0.717, 1.165) is 16.7 Å². The van der Waals surface area contributed by atoms with Crippen LogP contribution in [0, 0.1) is 0 Å². The van der Waals surface area contributed by atoms with Gasteiger partial charge in [-0.05, 0) is 28.9 Å². The maximum Gasteiger partial charge on any atom is 0.197 e. The van der Waals surface area contributed by atoms with Crippen LogP contribution in [0.4, 0.5) is 0 Å². The van der Waals surface area contributed by atoms with Crippen molar-refractivity contribution in [2.75, 3.05) is 0 Å². The summed E-state index contributed by atoms with van der Waals surface area (Å²) in [5.74, 6) is -0.459. The number of fused-ring (bicyclic) bond motifs is 3. The van der Waals surface area contributed by atoms with Crippen LogP contribution >= 0.6 is 31.9 Å². The van der Waals surface area contributed by atoms with Crippen molar-refractivity contribution in [2.45, 2.75) is 3.74 Å². The van der Waals surface area contributed by atoms with Gasteiger partial charge in [-0.3, -0.25) is 9.59 Å². The number of rotatable bonds is 2. The second-order valence-electron chi connectivity index (χ2n) is 4.30. The van der Waals surface area contributed by atoms with Gasteiger partial charge in [0.05, 0.1) is 5.57 Å². The first-order valence-corrected chi connectivity index (χ1v) is 7.53. The number of halogens is 2. The molecule has 94 valence electrons. The van der Waals surface area contributed by atoms with Gasteiger partial charge in [-0.1, -0.05) is 62.2 Å². The number of carbonyl (C=O) groups is 2. The SMILES string of the molecule is O=C1C(C(=O)C(Br)Br)=CC=C2C1=Cc1ccccc12. The molecule has 0 unspecified atom stereocenters. The highest BCUT2D eigenvalue weighted by molar-refractivity contribution is 9.25. The minimum Gasteiger partial charge on any atom is -0.292 e. The molecule has 0 N–H and O–H groups in total. The molecule has 0 saturated heterocycles. The summed E-state index contributed by atoms with van der Waals surface area (Å²) >= 11 is 6.28. The van der Waals surface area contributed by atoms with E-state index in [-0.39, 0.29) is 17.1 Å². The van der Waals surface area contributed by atoms with E-state index in [2.05, 4.69) is 31.9 Å². The summed E-state index contributed by atoms with van der Waals surface area (Å²) in [5.41, 5.74) is 3.78. The lowest BCUT2D eigenvalue weighted by Gasteiger charge is -2.13. The zero-order valence-electron chi connectivity index (χ0n) is 9.69. The van der Waals surface area contributed by atoms with Crippen molar-refractivity contribution in [1.29, 1.82) is 0 Å². The van der Waals surface area contributed by atoms with E-state index in [1.165, 1.54) is 0 Å². The molecule has 0 fully saturated rings. The molecule has 4 heteroatoms. The number of benzene rings is 1. The third-order valence-electron chi connectivity index (χ3n) is 3.21. The summed E-state index contributed by atoms with van der Waals surface area (Å²) in [4.78, 5) is 24.3. The lowest BCUT2D eigenvalue weighted by atomic mass is 9.90. The Morgan fingerprint density at radius 1 is 1.05 bits per heavy atom. The van der Waals surface area contributed by atoms with Crippen LogP contribution < -0.4 is 0 Å². The van der Waals surface area contributed by atoms with E-state index in [0.29, 0.717) is 5.57 Å². The Morgan fingerprint density at radius 2 is 1.79 bits per heavy atom. The van der Waals surface area contributed by atoms with Gasteiger partial charge in [0.25, 0.3) is 0 Å². The van der Waals surface area contributed by atoms with Crippen LogP contribution in [0.25, 0.3) is 11.6 Å². The monoisotopic (exact) mass is 378 g/mol. The number of carbonyl (C=O) groups excluding carboxylic acids is 2. The zero-order valence-corrected chi connectivity index (χ0v) is 12.9. The van der Waals surface area contributed by atoms with E-state index < -0.39 is 3.74 Å². The molecule has 0 spiro atoms. The van der Waals surface area contributed by atoms with Gasteiger partial charge < -0.3 is 0 Å². The smallest absolute Gasteiger partial charge is 0.197 e. The van der Waals surface area contributed by atoms with Crippen molar-refractivity contribution in [3.8, 4) is 0 Å². The quantitative estimate of drug-likeness (QED) is 0.580. The topological polar surface area (TPSA) is 34.1 Å². The third kappa shape index (κ3) is 1.99. The first-order chi connectivity index (χ1) is 9.09. The lowest BCUT2D eigenvalue weighted by molar-refractivity contribution is -0.118. The van der Waals surface area contributed by atoms with Crippen LogP contribution in [0.1, 0.15) is 11.1 Å². The number of allylic oxidation sites excluding steroid dienone is 5. The normalized spacial score (nSPS) is 16.6. The minimum atomic E-state index is -0.533. The maximum absolute atomic E-state index is 12.4. The van der Waals surface area contributed by atoms with Crippen LogP contribution in [-0.4, -0.2) is 15.3 Å². The van der Waals surface area contributed by atoms with Crippen LogP contribution in [0.15, 0.2) is 47.6 Å². The molecule has 0 radical (unpaired) electrons. The predicted octanol–water partition coefficient (Wildman–Crippen LogP) is 3.66. The average Bonchev–Trinajstić information content (AvgIpc) is 2.78. The molecule has 0 saturated carbocycles. The maximum atomic E-state index is 12.4. The predicted molar refractivity (Wildman–Crippen MR) is 82.1 cm³/mol. The highest BCUT2D eigenvalue weighted by Gasteiger charge is 2.32. The van der Waals surface area contributed by atoms with E-state index in [1.54, 1.807) is 6.08 Å². The van der Waals surface area contributed by atoms with Crippen LogP contribution in [-0.2, 0) is 9.59 Å². The molecular formula is C15H8Br2O2. The second kappa shape index (κ2) is 4.69. The van der Waals surface area contributed by atoms with Gasteiger partial charge in [0.2, 0.25) is 0 Å². The Hall–Kier alpha value is -1.26. The molecule has 3 rings (SSSR count). The average molecular weight is 380 g/mol. The van der Waals surface area contributed by atoms with E-state index in [1.807, 2.05) is 36.4 Å². The second-order valence-corrected chi connectivity index (χ2v) is 7.36. The Labute approximate surface area is 127 Å². The molecule has 2 nitrogen and oxygen atoms in total. The molecule has 0 bridgehead atoms. The van der Waals surface area contributed by atoms with E-state index in [4.69, 9.17) is 0 Å². The molecule has 19 heavy (non-hydrogen) atoms. The molecule has 2 aliphatic rings. The van der Waals surface area contributed by atoms with Crippen molar-refractivity contribution >= 4 is 55.1 Å². The summed E-state index contributed by atoms with van der Waals surface area (Å²) in [6, 6.07) is 7.83. The summed E-state index contributed by atoms with van der Waals surface area (Å²) < 4.78 is -0.533. The molecule has 0 aliphatic heterocycles. The lowest BCUT2D eigenvalue weighted by Crippen LogP contribution is -2.20. The van der Waals surface area contributed by atoms with Gasteiger partial charge in [-0.15, -0.1) is 0 Å². The zero-order chi connectivity index (χ0) is 13.6. The number of hydrogen-bond donors (Lipinski definition) is 0. The summed E-state index contributed by atoms with van der Waals surface area (Å²) in [6.45, 7) is 0. The van der Waals surface area contributed by atoms with Crippen LogP contribution in [0.3, 0.4) is 0 Å². The standard InChI is InChI=1S/C15H8Br2O2/c16-15(17)14(19)11-6-5-10-9-4-2-1-3-8(9)7-12(10)13(11)18/h1-7,15H. The third-order valence-corrected chi connectivity index (χ3v) is 4.04. The van der Waals surface area contributed by atoms with Gasteiger partial charge in [-0.25, -0.2) is 0 Å². The summed E-state index contributed by atoms with van der Waals surface area (Å²) in [7, 11) is 0. The molecule has 1 aromatic rings. The van der Waals surface area contributed by atoms with Gasteiger partial charge >= 0.3 is 0 Å². The first kappa shape index (κ1) is 12.8. The largest absolute Gasteiger partial charge is 0.292 e. The fourth-order valence-corrected chi connectivity index (χ4v) is 2.81. The minimum absolute atomic E-state index is 0.206. The fourth-order valence-electron chi connectivity index (χ4n) is 2.31. The highest BCUT2D eigenvalue weighted by Crippen LogP contribution is 2.39. The van der Waals surface area contributed by atoms with Crippen LogP contribution in [0.2, 0.25) is 0 Å². The van der Waals surface area contributed by atoms with Crippen molar-refractivity contribution in [1.82, 2.24) is 0 Å². The van der Waals surface area contributed by atoms with Gasteiger partial charge in [-0.2, -0.15) is 0 Å². The fraction of sp³-hybridized carbons (Fsp3) is 0.0667. The summed E-state index contributed by atoms with van der Waals surface area (Å²) in [6.07, 6.45) is 5.30. The van der Waals surface area contributed by atoms with Gasteiger partial charge in [0.1, 0.15) is 3.74 Å². The molecule has 0 amide bonds. The number of hydrogen-bond acceptors (Lipinski definition) is 2. The van der Waals surface area contributed by atoms with Crippen molar-refractivity contribution in [3.05, 3.63) is 58.7 Å². The van der Waals surface area contributed by atoms with Gasteiger partial charge in [0, 0.05) is 5.57 Å². The van der Waals surface area contributed by atoms with Crippen molar-refractivity contribution < 1.29 is 9.59 Å². The molecule has 2 aliphatic carbocycles. The molecule has 1 aromatic carbocycles. The molecule has 0 aromatic heterocycles. The first-order valence-electron chi connectivity index (χ1n) is 5.70. The van der Waals surface area contributed by atoms with Crippen molar-refractivity contribution in [2.24, 2.45) is 0 Å². The van der Waals surface area contributed by atoms with Crippen molar-refractivity contribution in [3.63, 3.8) is 0 Å². The van der Waals surface area contributed by atoms with Gasteiger partial charge in [0.15, 0.2) is 11.6 Å². The molecule has 0 heterocycles. The van der Waals surface area contributed by atoms with E-state index >= 15 is 0 Å². The summed E-state index contributed by atoms with van der Waals surface area (Å²) in [5, 5.41) is 0. The highest BCUT2D eigenvalue weighted by atomic mass is 79.9. The van der Waals surface area contributed by atoms with Crippen LogP contribution in [0.5, 0.6) is 0 Å².